The first-order chi connectivity index (χ1) is 13.1. The molecule has 1 aromatic heterocycles. The van der Waals surface area contributed by atoms with Gasteiger partial charge in [0.2, 0.25) is 9.84 Å². The average molecular weight is 382 g/mol. The van der Waals surface area contributed by atoms with Gasteiger partial charge in [-0.1, -0.05) is 36.4 Å². The fourth-order valence-electron chi connectivity index (χ4n) is 3.21. The van der Waals surface area contributed by atoms with Gasteiger partial charge >= 0.3 is 0 Å². The largest absolute Gasteiger partial charge is 0.378 e. The van der Waals surface area contributed by atoms with Crippen LogP contribution in [0, 0.1) is 0 Å². The van der Waals surface area contributed by atoms with E-state index in [0.717, 1.165) is 0 Å². The summed E-state index contributed by atoms with van der Waals surface area (Å²) in [7, 11) is -3.90. The lowest BCUT2D eigenvalue weighted by atomic mass is 10.1. The number of morpholine rings is 1. The Hall–Kier alpha value is -2.77. The summed E-state index contributed by atoms with van der Waals surface area (Å²) in [5, 5.41) is 0.445. The smallest absolute Gasteiger partial charge is 0.256 e. The van der Waals surface area contributed by atoms with Crippen LogP contribution in [0.3, 0.4) is 0 Å². The third kappa shape index (κ3) is 3.20. The van der Waals surface area contributed by atoms with Crippen molar-refractivity contribution in [1.82, 2.24) is 9.88 Å². The molecule has 7 heteroatoms. The number of pyridine rings is 1. The summed E-state index contributed by atoms with van der Waals surface area (Å²) in [6.45, 7) is 1.73. The predicted molar refractivity (Wildman–Crippen MR) is 100 cm³/mol. The zero-order chi connectivity index (χ0) is 18.9. The average Bonchev–Trinajstić information content (AvgIpc) is 2.73. The van der Waals surface area contributed by atoms with Crippen molar-refractivity contribution in [1.29, 1.82) is 0 Å². The molecule has 2 aromatic carbocycles. The van der Waals surface area contributed by atoms with Crippen LogP contribution in [0.5, 0.6) is 0 Å². The lowest BCUT2D eigenvalue weighted by Gasteiger charge is -2.27. The molecule has 6 nitrogen and oxygen atoms in total. The second-order valence-corrected chi connectivity index (χ2v) is 8.13. The third-order valence-electron chi connectivity index (χ3n) is 4.58. The molecule has 0 unspecified atom stereocenters. The second kappa shape index (κ2) is 7.09. The molecule has 0 atom stereocenters. The molecule has 0 aliphatic carbocycles. The van der Waals surface area contributed by atoms with Gasteiger partial charge in [0.1, 0.15) is 0 Å². The molecule has 2 heterocycles. The van der Waals surface area contributed by atoms with E-state index in [1.807, 2.05) is 0 Å². The number of fused-ring (bicyclic) bond motifs is 1. The number of amides is 1. The highest BCUT2D eigenvalue weighted by Crippen LogP contribution is 2.31. The molecule has 138 valence electrons. The molecule has 1 saturated heterocycles. The Bertz CT molecular complexity index is 1090. The number of rotatable bonds is 3. The maximum absolute atomic E-state index is 13.4. The number of carbonyl (C=O) groups is 1. The highest BCUT2D eigenvalue weighted by atomic mass is 32.2. The summed E-state index contributed by atoms with van der Waals surface area (Å²) >= 11 is 0. The van der Waals surface area contributed by atoms with E-state index in [9.17, 15) is 13.2 Å². The van der Waals surface area contributed by atoms with Crippen molar-refractivity contribution >= 4 is 26.6 Å². The van der Waals surface area contributed by atoms with Gasteiger partial charge in [-0.25, -0.2) is 8.42 Å². The molecule has 0 radical (unpaired) electrons. The van der Waals surface area contributed by atoms with Crippen molar-refractivity contribution < 1.29 is 17.9 Å². The number of nitrogens with zero attached hydrogens (tertiary/aromatic N) is 2. The number of benzene rings is 2. The van der Waals surface area contributed by atoms with Crippen LogP contribution >= 0.6 is 0 Å². The van der Waals surface area contributed by atoms with Crippen molar-refractivity contribution in [2.24, 2.45) is 0 Å². The van der Waals surface area contributed by atoms with Crippen molar-refractivity contribution in [3.8, 4) is 0 Å². The summed E-state index contributed by atoms with van der Waals surface area (Å²) in [6.07, 6.45) is 1.37. The quantitative estimate of drug-likeness (QED) is 0.696. The Morgan fingerprint density at radius 3 is 2.37 bits per heavy atom. The Labute approximate surface area is 157 Å². The van der Waals surface area contributed by atoms with Crippen molar-refractivity contribution in [3.63, 3.8) is 0 Å². The van der Waals surface area contributed by atoms with E-state index < -0.39 is 9.84 Å². The zero-order valence-corrected chi connectivity index (χ0v) is 15.4. The van der Waals surface area contributed by atoms with E-state index in [0.29, 0.717) is 37.2 Å². The van der Waals surface area contributed by atoms with Gasteiger partial charge in [-0.2, -0.15) is 0 Å². The van der Waals surface area contributed by atoms with Crippen LogP contribution in [0.25, 0.3) is 10.9 Å². The number of aromatic nitrogens is 1. The molecule has 1 aliphatic heterocycles. The van der Waals surface area contributed by atoms with Gasteiger partial charge in [0.15, 0.2) is 0 Å². The van der Waals surface area contributed by atoms with Crippen molar-refractivity contribution in [2.45, 2.75) is 9.79 Å². The predicted octanol–water partition coefficient (Wildman–Crippen LogP) is 2.54. The molecule has 0 spiro atoms. The van der Waals surface area contributed by atoms with Crippen LogP contribution < -0.4 is 0 Å². The number of carbonyl (C=O) groups excluding carboxylic acids is 1. The Balaban J connectivity index is 1.95. The lowest BCUT2D eigenvalue weighted by molar-refractivity contribution is 0.0300. The minimum atomic E-state index is -3.90. The molecular formula is C20H18N2O4S. The zero-order valence-electron chi connectivity index (χ0n) is 14.5. The minimum Gasteiger partial charge on any atom is -0.378 e. The molecular weight excluding hydrogens is 364 g/mol. The van der Waals surface area contributed by atoms with Crippen LogP contribution in [-0.2, 0) is 14.6 Å². The second-order valence-electron chi connectivity index (χ2n) is 6.24. The number of sulfone groups is 1. The van der Waals surface area contributed by atoms with Gasteiger partial charge in [-0.15, -0.1) is 0 Å². The number of ether oxygens (including phenoxy) is 1. The fraction of sp³-hybridized carbons (Fsp3) is 0.200. The van der Waals surface area contributed by atoms with Crippen LogP contribution in [0.1, 0.15) is 10.4 Å². The SMILES string of the molecule is O=C(c1cnc2ccccc2c1S(=O)(=O)c1ccccc1)N1CCOCC1. The van der Waals surface area contributed by atoms with Gasteiger partial charge in [0.05, 0.1) is 34.1 Å². The first-order valence-electron chi connectivity index (χ1n) is 8.64. The molecule has 1 aliphatic rings. The first-order valence-corrected chi connectivity index (χ1v) is 10.1. The highest BCUT2D eigenvalue weighted by molar-refractivity contribution is 7.91. The summed E-state index contributed by atoms with van der Waals surface area (Å²) in [5.74, 6) is -0.342. The molecule has 0 saturated carbocycles. The van der Waals surface area contributed by atoms with E-state index in [4.69, 9.17) is 4.74 Å². The maximum Gasteiger partial charge on any atom is 0.256 e. The third-order valence-corrected chi connectivity index (χ3v) is 6.45. The topological polar surface area (TPSA) is 76.6 Å². The lowest BCUT2D eigenvalue weighted by Crippen LogP contribution is -2.41. The number of hydrogen-bond donors (Lipinski definition) is 0. The van der Waals surface area contributed by atoms with Crippen LogP contribution in [0.2, 0.25) is 0 Å². The van der Waals surface area contributed by atoms with E-state index >= 15 is 0 Å². The standard InChI is InChI=1S/C20H18N2O4S/c23-20(22-10-12-26-13-11-22)17-14-21-18-9-5-4-8-16(18)19(17)27(24,25)15-6-2-1-3-7-15/h1-9,14H,10-13H2. The van der Waals surface area contributed by atoms with Crippen molar-refractivity contribution in [3.05, 3.63) is 66.4 Å². The van der Waals surface area contributed by atoms with Gasteiger partial charge in [0, 0.05) is 24.7 Å². The monoisotopic (exact) mass is 382 g/mol. The Kier molecular flexibility index (Phi) is 4.63. The molecule has 4 rings (SSSR count). The Morgan fingerprint density at radius 2 is 1.63 bits per heavy atom. The van der Waals surface area contributed by atoms with E-state index in [1.54, 1.807) is 47.4 Å². The van der Waals surface area contributed by atoms with Crippen LogP contribution in [-0.4, -0.2) is 50.5 Å². The van der Waals surface area contributed by atoms with E-state index in [-0.39, 0.29) is 21.3 Å². The van der Waals surface area contributed by atoms with Gasteiger partial charge in [0.25, 0.3) is 5.91 Å². The molecule has 0 N–H and O–H groups in total. The minimum absolute atomic E-state index is 0.00999. The van der Waals surface area contributed by atoms with Crippen LogP contribution in [0.4, 0.5) is 0 Å². The summed E-state index contributed by atoms with van der Waals surface area (Å²) in [5.41, 5.74) is 0.630. The fourth-order valence-corrected chi connectivity index (χ4v) is 4.85. The molecule has 27 heavy (non-hydrogen) atoms. The molecule has 1 fully saturated rings. The van der Waals surface area contributed by atoms with E-state index in [2.05, 4.69) is 4.98 Å². The summed E-state index contributed by atoms with van der Waals surface area (Å²) in [6, 6.07) is 15.1. The van der Waals surface area contributed by atoms with Crippen LogP contribution in [0.15, 0.2) is 70.6 Å². The Morgan fingerprint density at radius 1 is 0.963 bits per heavy atom. The maximum atomic E-state index is 13.4. The normalized spacial score (nSPS) is 15.0. The first kappa shape index (κ1) is 17.6. The molecule has 3 aromatic rings. The summed E-state index contributed by atoms with van der Waals surface area (Å²) < 4.78 is 32.2. The van der Waals surface area contributed by atoms with Crippen molar-refractivity contribution in [2.75, 3.05) is 26.3 Å². The highest BCUT2D eigenvalue weighted by Gasteiger charge is 2.30. The number of hydrogen-bond acceptors (Lipinski definition) is 5. The van der Waals surface area contributed by atoms with Gasteiger partial charge in [-0.05, 0) is 18.2 Å². The summed E-state index contributed by atoms with van der Waals surface area (Å²) in [4.78, 5) is 19.2. The molecule has 1 amide bonds. The van der Waals surface area contributed by atoms with Gasteiger partial charge < -0.3 is 9.64 Å². The molecule has 0 bridgehead atoms. The number of para-hydroxylation sites is 1. The van der Waals surface area contributed by atoms with E-state index in [1.165, 1.54) is 18.3 Å². The van der Waals surface area contributed by atoms with Gasteiger partial charge in [-0.3, -0.25) is 9.78 Å².